The number of piperidine rings is 1. The van der Waals surface area contributed by atoms with Crippen molar-refractivity contribution >= 4 is 23.6 Å². The summed E-state index contributed by atoms with van der Waals surface area (Å²) in [6.07, 6.45) is 6.73. The van der Waals surface area contributed by atoms with Crippen LogP contribution in [0.5, 0.6) is 5.75 Å². The molecule has 2 amide bonds. The van der Waals surface area contributed by atoms with Crippen molar-refractivity contribution in [2.75, 3.05) is 25.4 Å². The van der Waals surface area contributed by atoms with Crippen LogP contribution in [0.1, 0.15) is 67.8 Å². The monoisotopic (exact) mass is 567 g/mol. The lowest BCUT2D eigenvalue weighted by Gasteiger charge is -2.46. The molecule has 7 nitrogen and oxygen atoms in total. The normalized spacial score (nSPS) is 22.6. The van der Waals surface area contributed by atoms with E-state index in [4.69, 9.17) is 0 Å². The first-order valence-corrected chi connectivity index (χ1v) is 15.8. The second kappa shape index (κ2) is 14.9. The molecule has 1 heterocycles. The number of phenolic OH excluding ortho intramolecular Hbond substituents is 1. The van der Waals surface area contributed by atoms with Gasteiger partial charge in [-0.3, -0.25) is 14.5 Å². The summed E-state index contributed by atoms with van der Waals surface area (Å²) < 4.78 is 0. The van der Waals surface area contributed by atoms with Gasteiger partial charge in [-0.15, -0.1) is 11.8 Å². The molecule has 0 spiro atoms. The predicted octanol–water partition coefficient (Wildman–Crippen LogP) is 4.75. The summed E-state index contributed by atoms with van der Waals surface area (Å²) in [6.45, 7) is 5.61. The Bertz CT molecular complexity index is 1110. The van der Waals surface area contributed by atoms with Crippen LogP contribution in [0.15, 0.2) is 53.4 Å². The number of rotatable bonds is 12. The number of nitrogens with one attached hydrogen (secondary N) is 2. The number of hydrogen-bond acceptors (Lipinski definition) is 6. The number of thioether (sulfide) groups is 1. The van der Waals surface area contributed by atoms with Crippen LogP contribution in [0.2, 0.25) is 0 Å². The van der Waals surface area contributed by atoms with Gasteiger partial charge in [-0.2, -0.15) is 0 Å². The summed E-state index contributed by atoms with van der Waals surface area (Å²) in [4.78, 5) is 29.9. The molecular weight excluding hydrogens is 522 g/mol. The number of hydrogen-bond donors (Lipinski definition) is 4. The van der Waals surface area contributed by atoms with Gasteiger partial charge in [0.05, 0.1) is 18.2 Å². The molecule has 2 aromatic rings. The van der Waals surface area contributed by atoms with Crippen molar-refractivity contribution in [3.8, 4) is 5.75 Å². The topological polar surface area (TPSA) is 102 Å². The lowest BCUT2D eigenvalue weighted by molar-refractivity contribution is -0.131. The Morgan fingerprint density at radius 1 is 1.07 bits per heavy atom. The van der Waals surface area contributed by atoms with Gasteiger partial charge in [-0.05, 0) is 62.3 Å². The highest BCUT2D eigenvalue weighted by Gasteiger charge is 2.41. The van der Waals surface area contributed by atoms with E-state index in [1.807, 2.05) is 30.3 Å². The average Bonchev–Trinajstić information content (AvgIpc) is 2.96. The van der Waals surface area contributed by atoms with Gasteiger partial charge in [0.1, 0.15) is 5.75 Å². The minimum Gasteiger partial charge on any atom is -0.508 e. The average molecular weight is 568 g/mol. The summed E-state index contributed by atoms with van der Waals surface area (Å²) in [6, 6.07) is 14.0. The van der Waals surface area contributed by atoms with Crippen molar-refractivity contribution < 1.29 is 19.8 Å². The molecule has 1 saturated carbocycles. The van der Waals surface area contributed by atoms with Crippen LogP contribution in [0.25, 0.3) is 0 Å². The molecule has 4 rings (SSSR count). The zero-order valence-corrected chi connectivity index (χ0v) is 24.7. The summed E-state index contributed by atoms with van der Waals surface area (Å²) >= 11 is 1.58. The second-order valence-electron chi connectivity index (χ2n) is 11.4. The number of nitrogens with zero attached hydrogens (tertiary/aromatic N) is 1. The Morgan fingerprint density at radius 3 is 2.58 bits per heavy atom. The molecule has 0 radical (unpaired) electrons. The number of carbonyl (C=O) groups excluding carboxylic acids is 2. The molecule has 1 aliphatic carbocycles. The summed E-state index contributed by atoms with van der Waals surface area (Å²) in [5.41, 5.74) is 0.894. The maximum Gasteiger partial charge on any atom is 0.252 e. The highest BCUT2D eigenvalue weighted by Crippen LogP contribution is 2.39. The summed E-state index contributed by atoms with van der Waals surface area (Å²) in [5.74, 6) is 1.37. The molecular formula is C32H45N3O4S. The molecule has 0 aromatic heterocycles. The molecule has 8 heteroatoms. The maximum absolute atomic E-state index is 13.3. The van der Waals surface area contributed by atoms with Gasteiger partial charge in [-0.25, -0.2) is 0 Å². The Labute approximate surface area is 243 Å². The number of carbonyl (C=O) groups is 2. The van der Waals surface area contributed by atoms with Crippen molar-refractivity contribution in [3.05, 3.63) is 59.7 Å². The first-order valence-electron chi connectivity index (χ1n) is 14.8. The van der Waals surface area contributed by atoms with E-state index in [-0.39, 0.29) is 23.6 Å². The third kappa shape index (κ3) is 8.02. The second-order valence-corrected chi connectivity index (χ2v) is 12.5. The largest absolute Gasteiger partial charge is 0.508 e. The zero-order chi connectivity index (χ0) is 28.5. The minimum atomic E-state index is -0.871. The van der Waals surface area contributed by atoms with Gasteiger partial charge in [0.15, 0.2) is 0 Å². The molecule has 0 bridgehead atoms. The van der Waals surface area contributed by atoms with Crippen LogP contribution in [0.3, 0.4) is 0 Å². The van der Waals surface area contributed by atoms with Crippen molar-refractivity contribution in [1.29, 1.82) is 0 Å². The van der Waals surface area contributed by atoms with E-state index in [9.17, 15) is 19.8 Å². The molecule has 5 atom stereocenters. The number of benzene rings is 2. The number of amides is 2. The highest BCUT2D eigenvalue weighted by atomic mass is 32.2. The van der Waals surface area contributed by atoms with E-state index >= 15 is 0 Å². The molecule has 2 aromatic carbocycles. The number of β-amino-alcohol motifs (C(OH)–C–C–N with tert-alkyl or cyclic N) is 1. The van der Waals surface area contributed by atoms with E-state index in [0.29, 0.717) is 41.8 Å². The first-order chi connectivity index (χ1) is 19.4. The Morgan fingerprint density at radius 2 is 1.82 bits per heavy atom. The minimum absolute atomic E-state index is 0.0549. The molecule has 1 saturated heterocycles. The van der Waals surface area contributed by atoms with Gasteiger partial charge < -0.3 is 20.8 Å². The van der Waals surface area contributed by atoms with Crippen LogP contribution in [0, 0.1) is 18.8 Å². The van der Waals surface area contributed by atoms with Crippen LogP contribution in [0.4, 0.5) is 0 Å². The molecule has 2 fully saturated rings. The fourth-order valence-electron chi connectivity index (χ4n) is 6.11. The molecule has 4 N–H and O–H groups in total. The fraction of sp³-hybridized carbons (Fsp3) is 0.562. The fourth-order valence-corrected chi connectivity index (χ4v) is 7.14. The predicted molar refractivity (Wildman–Crippen MR) is 161 cm³/mol. The van der Waals surface area contributed by atoms with Crippen LogP contribution in [-0.2, 0) is 4.79 Å². The zero-order valence-electron chi connectivity index (χ0n) is 23.9. The van der Waals surface area contributed by atoms with Gasteiger partial charge in [0.2, 0.25) is 5.91 Å². The molecule has 1 aliphatic heterocycles. The van der Waals surface area contributed by atoms with Crippen LogP contribution in [-0.4, -0.2) is 70.5 Å². The first kappa shape index (κ1) is 30.4. The Kier molecular flexibility index (Phi) is 11.3. The SMILES string of the molecule is CCCCNC(=O)[C@@H]1C[C@@H]2CCCC[C@@H]2CN1C[C@@H](O)[C@H](CSc1ccccc1)NC(=O)c1cccc(O)c1C. The number of aliphatic hydroxyl groups is 1. The summed E-state index contributed by atoms with van der Waals surface area (Å²) in [5, 5.41) is 27.9. The quantitative estimate of drug-likeness (QED) is 0.218. The smallest absolute Gasteiger partial charge is 0.252 e. The van der Waals surface area contributed by atoms with E-state index in [1.54, 1.807) is 36.9 Å². The molecule has 40 heavy (non-hydrogen) atoms. The summed E-state index contributed by atoms with van der Waals surface area (Å²) in [7, 11) is 0. The lowest BCUT2D eigenvalue weighted by atomic mass is 9.72. The van der Waals surface area contributed by atoms with Gasteiger partial charge in [0.25, 0.3) is 5.91 Å². The van der Waals surface area contributed by atoms with Gasteiger partial charge in [-0.1, -0.05) is 56.9 Å². The Balaban J connectivity index is 1.51. The van der Waals surface area contributed by atoms with Crippen molar-refractivity contribution in [3.63, 3.8) is 0 Å². The van der Waals surface area contributed by atoms with E-state index in [2.05, 4.69) is 22.5 Å². The van der Waals surface area contributed by atoms with Crippen LogP contribution >= 0.6 is 11.8 Å². The highest BCUT2D eigenvalue weighted by molar-refractivity contribution is 7.99. The van der Waals surface area contributed by atoms with E-state index in [1.165, 1.54) is 25.7 Å². The standard InChI is InChI=1S/C32H45N3O4S/c1-3-4-17-33-32(39)28-18-23-11-8-9-12-24(23)19-35(28)20-30(37)27(21-40-25-13-6-5-7-14-25)34-31(38)26-15-10-16-29(36)22(26)2/h5-7,10,13-16,23-24,27-28,30,36-37H,3-4,8-9,11-12,17-21H2,1-2H3,(H,33,39)(H,34,38)/t23-,24+,27-,28-,30+/m0/s1. The molecule has 218 valence electrons. The number of phenols is 1. The third-order valence-corrected chi connectivity index (χ3v) is 9.69. The van der Waals surface area contributed by atoms with Crippen molar-refractivity contribution in [2.45, 2.75) is 81.9 Å². The van der Waals surface area contributed by atoms with E-state index < -0.39 is 12.1 Å². The Hall–Kier alpha value is -2.55. The van der Waals surface area contributed by atoms with E-state index in [0.717, 1.165) is 30.7 Å². The van der Waals surface area contributed by atoms with Gasteiger partial charge >= 0.3 is 0 Å². The van der Waals surface area contributed by atoms with Crippen molar-refractivity contribution in [1.82, 2.24) is 15.5 Å². The lowest BCUT2D eigenvalue weighted by Crippen LogP contribution is -2.59. The molecule has 0 unspecified atom stereocenters. The maximum atomic E-state index is 13.3. The van der Waals surface area contributed by atoms with Gasteiger partial charge in [0, 0.05) is 41.4 Å². The number of aliphatic hydroxyl groups excluding tert-OH is 1. The number of aromatic hydroxyl groups is 1. The van der Waals surface area contributed by atoms with Crippen molar-refractivity contribution in [2.24, 2.45) is 11.8 Å². The van der Waals surface area contributed by atoms with Crippen LogP contribution < -0.4 is 10.6 Å². The third-order valence-electron chi connectivity index (χ3n) is 8.56. The number of likely N-dealkylation sites (tertiary alicyclic amines) is 1. The number of unbranched alkanes of at least 4 members (excludes halogenated alkanes) is 1. The molecule has 2 aliphatic rings. The number of fused-ring (bicyclic) bond motifs is 1.